The standard InChI is InChI=1S/C18H14Cl2N2O3/c1-10-4-2-3-5-11(10)8-21-16(23)9-22-17(24)12-6-14(19)15(20)7-13(12)18(22)25/h2-7H,8-9H2,1H3,(H,21,23). The van der Waals surface area contributed by atoms with Gasteiger partial charge in [0.15, 0.2) is 0 Å². The van der Waals surface area contributed by atoms with Crippen molar-refractivity contribution in [3.63, 3.8) is 0 Å². The average Bonchev–Trinajstić information content (AvgIpc) is 2.79. The van der Waals surface area contributed by atoms with Gasteiger partial charge in [-0.3, -0.25) is 19.3 Å². The number of halogens is 2. The molecule has 0 radical (unpaired) electrons. The van der Waals surface area contributed by atoms with Crippen molar-refractivity contribution in [3.05, 3.63) is 68.7 Å². The number of aryl methyl sites for hydroxylation is 1. The van der Waals surface area contributed by atoms with E-state index in [1.165, 1.54) is 12.1 Å². The van der Waals surface area contributed by atoms with Crippen molar-refractivity contribution >= 4 is 40.9 Å². The van der Waals surface area contributed by atoms with Crippen LogP contribution in [0, 0.1) is 6.92 Å². The van der Waals surface area contributed by atoms with Gasteiger partial charge in [-0.15, -0.1) is 0 Å². The Hall–Kier alpha value is -2.37. The summed E-state index contributed by atoms with van der Waals surface area (Å²) in [5.41, 5.74) is 2.33. The van der Waals surface area contributed by atoms with Crippen molar-refractivity contribution in [2.75, 3.05) is 6.54 Å². The molecule has 5 nitrogen and oxygen atoms in total. The number of hydrogen-bond acceptors (Lipinski definition) is 3. The highest BCUT2D eigenvalue weighted by Gasteiger charge is 2.37. The highest BCUT2D eigenvalue weighted by Crippen LogP contribution is 2.31. The second-order valence-electron chi connectivity index (χ2n) is 5.71. The fourth-order valence-corrected chi connectivity index (χ4v) is 2.96. The first-order valence-corrected chi connectivity index (χ1v) is 8.30. The van der Waals surface area contributed by atoms with Crippen LogP contribution in [-0.2, 0) is 11.3 Å². The summed E-state index contributed by atoms with van der Waals surface area (Å²) >= 11 is 11.8. The molecule has 0 fully saturated rings. The molecule has 25 heavy (non-hydrogen) atoms. The SMILES string of the molecule is Cc1ccccc1CNC(=O)CN1C(=O)c2cc(Cl)c(Cl)cc2C1=O. The molecule has 2 aromatic rings. The third kappa shape index (κ3) is 3.38. The number of nitrogens with one attached hydrogen (secondary N) is 1. The quantitative estimate of drug-likeness (QED) is 0.833. The third-order valence-corrected chi connectivity index (χ3v) is 4.77. The van der Waals surface area contributed by atoms with Gasteiger partial charge in [0.2, 0.25) is 5.91 Å². The highest BCUT2D eigenvalue weighted by molar-refractivity contribution is 6.43. The van der Waals surface area contributed by atoms with Crippen molar-refractivity contribution in [2.45, 2.75) is 13.5 Å². The molecule has 0 spiro atoms. The molecule has 0 saturated carbocycles. The smallest absolute Gasteiger partial charge is 0.262 e. The number of carbonyl (C=O) groups excluding carboxylic acids is 3. The zero-order valence-corrected chi connectivity index (χ0v) is 14.8. The van der Waals surface area contributed by atoms with E-state index in [9.17, 15) is 14.4 Å². The fraction of sp³-hybridized carbons (Fsp3) is 0.167. The maximum atomic E-state index is 12.4. The van der Waals surface area contributed by atoms with Crippen molar-refractivity contribution in [2.24, 2.45) is 0 Å². The van der Waals surface area contributed by atoms with E-state index in [4.69, 9.17) is 23.2 Å². The van der Waals surface area contributed by atoms with E-state index in [0.29, 0.717) is 6.54 Å². The van der Waals surface area contributed by atoms with Gasteiger partial charge in [-0.2, -0.15) is 0 Å². The third-order valence-electron chi connectivity index (χ3n) is 4.05. The molecule has 3 amide bonds. The monoisotopic (exact) mass is 376 g/mol. The van der Waals surface area contributed by atoms with E-state index >= 15 is 0 Å². The van der Waals surface area contributed by atoms with Crippen molar-refractivity contribution in [3.8, 4) is 0 Å². The molecule has 0 unspecified atom stereocenters. The largest absolute Gasteiger partial charge is 0.350 e. The molecule has 128 valence electrons. The molecule has 2 aromatic carbocycles. The summed E-state index contributed by atoms with van der Waals surface area (Å²) in [6.07, 6.45) is 0. The Morgan fingerprint density at radius 3 is 2.16 bits per heavy atom. The zero-order valence-electron chi connectivity index (χ0n) is 13.3. The number of imide groups is 1. The molecule has 0 saturated heterocycles. The van der Waals surface area contributed by atoms with Gasteiger partial charge in [-0.05, 0) is 30.2 Å². The van der Waals surface area contributed by atoms with Crippen LogP contribution in [0.5, 0.6) is 0 Å². The molecule has 0 atom stereocenters. The summed E-state index contributed by atoms with van der Waals surface area (Å²) in [6.45, 7) is 1.92. The van der Waals surface area contributed by atoms with Gasteiger partial charge in [0, 0.05) is 6.54 Å². The lowest BCUT2D eigenvalue weighted by Crippen LogP contribution is -2.40. The maximum Gasteiger partial charge on any atom is 0.262 e. The van der Waals surface area contributed by atoms with Gasteiger partial charge >= 0.3 is 0 Å². The highest BCUT2D eigenvalue weighted by atomic mass is 35.5. The van der Waals surface area contributed by atoms with E-state index in [-0.39, 0.29) is 27.7 Å². The van der Waals surface area contributed by atoms with Crippen LogP contribution in [0.3, 0.4) is 0 Å². The predicted molar refractivity (Wildman–Crippen MR) is 94.9 cm³/mol. The summed E-state index contributed by atoms with van der Waals surface area (Å²) in [7, 11) is 0. The van der Waals surface area contributed by atoms with Gasteiger partial charge in [0.1, 0.15) is 6.54 Å². The number of nitrogens with zero attached hydrogens (tertiary/aromatic N) is 1. The Balaban J connectivity index is 1.69. The van der Waals surface area contributed by atoms with E-state index in [0.717, 1.165) is 16.0 Å². The van der Waals surface area contributed by atoms with Crippen molar-refractivity contribution < 1.29 is 14.4 Å². The van der Waals surface area contributed by atoms with E-state index in [1.54, 1.807) is 0 Å². The van der Waals surface area contributed by atoms with Crippen LogP contribution in [0.2, 0.25) is 10.0 Å². The van der Waals surface area contributed by atoms with Gasteiger partial charge in [0.25, 0.3) is 11.8 Å². The molecule has 0 bridgehead atoms. The summed E-state index contributed by atoms with van der Waals surface area (Å²) in [6, 6.07) is 10.3. The molecular weight excluding hydrogens is 363 g/mol. The first kappa shape index (κ1) is 17.5. The molecule has 0 aliphatic carbocycles. The first-order chi connectivity index (χ1) is 11.9. The minimum atomic E-state index is -0.551. The van der Waals surface area contributed by atoms with E-state index in [1.807, 2.05) is 31.2 Å². The molecule has 1 aliphatic rings. The normalized spacial score (nSPS) is 13.2. The number of fused-ring (bicyclic) bond motifs is 1. The minimum Gasteiger partial charge on any atom is -0.350 e. The number of rotatable bonds is 4. The Morgan fingerprint density at radius 1 is 1.04 bits per heavy atom. The molecule has 1 N–H and O–H groups in total. The van der Waals surface area contributed by atoms with Crippen LogP contribution in [-0.4, -0.2) is 29.2 Å². The predicted octanol–water partition coefficient (Wildman–Crippen LogP) is 3.21. The summed E-state index contributed by atoms with van der Waals surface area (Å²) < 4.78 is 0. The zero-order chi connectivity index (χ0) is 18.1. The second kappa shape index (κ2) is 6.86. The Bertz CT molecular complexity index is 855. The summed E-state index contributed by atoms with van der Waals surface area (Å²) in [4.78, 5) is 37.8. The number of hydrogen-bond donors (Lipinski definition) is 1. The summed E-state index contributed by atoms with van der Waals surface area (Å²) in [5, 5.41) is 3.09. The molecule has 1 heterocycles. The summed E-state index contributed by atoms with van der Waals surface area (Å²) in [5.74, 6) is -1.52. The fourth-order valence-electron chi connectivity index (χ4n) is 2.63. The molecule has 3 rings (SSSR count). The van der Waals surface area contributed by atoms with Crippen molar-refractivity contribution in [1.82, 2.24) is 10.2 Å². The van der Waals surface area contributed by atoms with Crippen LogP contribution >= 0.6 is 23.2 Å². The van der Waals surface area contributed by atoms with Crippen LogP contribution in [0.15, 0.2) is 36.4 Å². The molecule has 7 heteroatoms. The Morgan fingerprint density at radius 2 is 1.60 bits per heavy atom. The second-order valence-corrected chi connectivity index (χ2v) is 6.53. The van der Waals surface area contributed by atoms with Crippen LogP contribution < -0.4 is 5.32 Å². The van der Waals surface area contributed by atoms with Crippen LogP contribution in [0.4, 0.5) is 0 Å². The van der Waals surface area contributed by atoms with Gasteiger partial charge in [-0.25, -0.2) is 0 Å². The molecule has 0 aromatic heterocycles. The Kier molecular flexibility index (Phi) is 4.79. The lowest BCUT2D eigenvalue weighted by molar-refractivity contribution is -0.121. The lowest BCUT2D eigenvalue weighted by Gasteiger charge is -2.14. The number of benzene rings is 2. The molecule has 1 aliphatic heterocycles. The first-order valence-electron chi connectivity index (χ1n) is 7.55. The number of carbonyl (C=O) groups is 3. The van der Waals surface area contributed by atoms with Crippen LogP contribution in [0.25, 0.3) is 0 Å². The van der Waals surface area contributed by atoms with E-state index in [2.05, 4.69) is 5.32 Å². The lowest BCUT2D eigenvalue weighted by atomic mass is 10.1. The van der Waals surface area contributed by atoms with Gasteiger partial charge in [0.05, 0.1) is 21.2 Å². The van der Waals surface area contributed by atoms with Gasteiger partial charge < -0.3 is 5.32 Å². The minimum absolute atomic E-state index is 0.158. The Labute approximate surface area is 154 Å². The van der Waals surface area contributed by atoms with Gasteiger partial charge in [-0.1, -0.05) is 47.5 Å². The topological polar surface area (TPSA) is 66.5 Å². The average molecular weight is 377 g/mol. The van der Waals surface area contributed by atoms with Crippen molar-refractivity contribution in [1.29, 1.82) is 0 Å². The molecular formula is C18H14Cl2N2O3. The van der Waals surface area contributed by atoms with Crippen LogP contribution in [0.1, 0.15) is 31.8 Å². The maximum absolute atomic E-state index is 12.4. The van der Waals surface area contributed by atoms with E-state index < -0.39 is 17.7 Å². The number of amides is 3.